The van der Waals surface area contributed by atoms with Gasteiger partial charge in [0.15, 0.2) is 0 Å². The standard InChI is InChI=1S/C18H19FN4O3/c1-26-15-3-2-12(19)8-13(15)14-9-16(22-10-21-14)23-18(25)7-11-4-5-20-17(24)6-11/h2-3,8-11H,4-7H2,1H3,(H,20,24)(H,21,22,23,25). The maximum Gasteiger partial charge on any atom is 0.225 e. The second-order valence-electron chi connectivity index (χ2n) is 6.09. The average Bonchev–Trinajstić information content (AvgIpc) is 2.62. The molecule has 2 aromatic rings. The first-order chi connectivity index (χ1) is 12.5. The van der Waals surface area contributed by atoms with Crippen molar-refractivity contribution in [3.8, 4) is 17.0 Å². The second kappa shape index (κ2) is 7.90. The number of nitrogens with zero attached hydrogens (tertiary/aromatic N) is 2. The topological polar surface area (TPSA) is 93.2 Å². The van der Waals surface area contributed by atoms with Crippen LogP contribution >= 0.6 is 0 Å². The third kappa shape index (κ3) is 4.33. The van der Waals surface area contributed by atoms with Crippen molar-refractivity contribution in [1.82, 2.24) is 15.3 Å². The van der Waals surface area contributed by atoms with Crippen LogP contribution in [-0.4, -0.2) is 35.4 Å². The van der Waals surface area contributed by atoms with Crippen molar-refractivity contribution in [2.45, 2.75) is 19.3 Å². The molecular weight excluding hydrogens is 339 g/mol. The van der Waals surface area contributed by atoms with Gasteiger partial charge in [0.1, 0.15) is 23.7 Å². The zero-order chi connectivity index (χ0) is 18.5. The number of nitrogens with one attached hydrogen (secondary N) is 2. The largest absolute Gasteiger partial charge is 0.496 e. The first-order valence-electron chi connectivity index (χ1n) is 8.27. The molecule has 1 aliphatic rings. The van der Waals surface area contributed by atoms with Crippen LogP contribution in [0.15, 0.2) is 30.6 Å². The minimum absolute atomic E-state index is 0.0216. The molecule has 26 heavy (non-hydrogen) atoms. The lowest BCUT2D eigenvalue weighted by molar-refractivity contribution is -0.124. The summed E-state index contributed by atoms with van der Waals surface area (Å²) in [5.74, 6) is 0.133. The Morgan fingerprint density at radius 1 is 1.38 bits per heavy atom. The molecule has 2 amide bonds. The lowest BCUT2D eigenvalue weighted by Gasteiger charge is -2.21. The van der Waals surface area contributed by atoms with Gasteiger partial charge in [-0.2, -0.15) is 0 Å². The Labute approximate surface area is 150 Å². The van der Waals surface area contributed by atoms with Gasteiger partial charge in [-0.1, -0.05) is 0 Å². The summed E-state index contributed by atoms with van der Waals surface area (Å²) < 4.78 is 18.8. The van der Waals surface area contributed by atoms with E-state index in [0.29, 0.717) is 35.8 Å². The van der Waals surface area contributed by atoms with Crippen LogP contribution in [0, 0.1) is 11.7 Å². The van der Waals surface area contributed by atoms with Gasteiger partial charge < -0.3 is 15.4 Å². The predicted octanol–water partition coefficient (Wildman–Crippen LogP) is 2.15. The number of anilines is 1. The molecule has 0 radical (unpaired) electrons. The van der Waals surface area contributed by atoms with Gasteiger partial charge in [-0.25, -0.2) is 14.4 Å². The highest BCUT2D eigenvalue weighted by molar-refractivity contribution is 5.91. The van der Waals surface area contributed by atoms with Crippen molar-refractivity contribution < 1.29 is 18.7 Å². The SMILES string of the molecule is COc1ccc(F)cc1-c1cc(NC(=O)CC2CCNC(=O)C2)ncn1. The van der Waals surface area contributed by atoms with E-state index in [0.717, 1.165) is 6.42 Å². The molecule has 1 saturated heterocycles. The van der Waals surface area contributed by atoms with E-state index in [1.165, 1.54) is 31.6 Å². The molecule has 1 fully saturated rings. The van der Waals surface area contributed by atoms with Gasteiger partial charge in [0.2, 0.25) is 11.8 Å². The maximum atomic E-state index is 13.6. The molecule has 1 aromatic heterocycles. The molecule has 0 bridgehead atoms. The van der Waals surface area contributed by atoms with Crippen LogP contribution in [0.2, 0.25) is 0 Å². The Bertz CT molecular complexity index is 828. The molecule has 0 saturated carbocycles. The second-order valence-corrected chi connectivity index (χ2v) is 6.09. The summed E-state index contributed by atoms with van der Waals surface area (Å²) in [4.78, 5) is 31.8. The van der Waals surface area contributed by atoms with Crippen molar-refractivity contribution >= 4 is 17.6 Å². The van der Waals surface area contributed by atoms with Crippen LogP contribution in [0.3, 0.4) is 0 Å². The number of piperidine rings is 1. The molecule has 7 nitrogen and oxygen atoms in total. The molecular formula is C18H19FN4O3. The van der Waals surface area contributed by atoms with Gasteiger partial charge in [-0.15, -0.1) is 0 Å². The molecule has 1 aromatic carbocycles. The highest BCUT2D eigenvalue weighted by Gasteiger charge is 2.22. The number of halogens is 1. The smallest absolute Gasteiger partial charge is 0.225 e. The number of benzene rings is 1. The van der Waals surface area contributed by atoms with Crippen molar-refractivity contribution in [3.05, 3.63) is 36.4 Å². The fourth-order valence-corrected chi connectivity index (χ4v) is 2.94. The van der Waals surface area contributed by atoms with E-state index in [2.05, 4.69) is 20.6 Å². The zero-order valence-electron chi connectivity index (χ0n) is 14.3. The van der Waals surface area contributed by atoms with Crippen molar-refractivity contribution in [2.24, 2.45) is 5.92 Å². The van der Waals surface area contributed by atoms with Gasteiger partial charge in [-0.05, 0) is 30.5 Å². The lowest BCUT2D eigenvalue weighted by atomic mass is 9.94. The van der Waals surface area contributed by atoms with Crippen molar-refractivity contribution in [1.29, 1.82) is 0 Å². The summed E-state index contributed by atoms with van der Waals surface area (Å²) in [6, 6.07) is 5.68. The number of amides is 2. The van der Waals surface area contributed by atoms with E-state index in [-0.39, 0.29) is 24.2 Å². The number of hydrogen-bond donors (Lipinski definition) is 2. The van der Waals surface area contributed by atoms with E-state index in [1.54, 1.807) is 6.07 Å². The molecule has 1 aliphatic heterocycles. The van der Waals surface area contributed by atoms with Gasteiger partial charge >= 0.3 is 0 Å². The predicted molar refractivity (Wildman–Crippen MR) is 93.0 cm³/mol. The summed E-state index contributed by atoms with van der Waals surface area (Å²) in [5.41, 5.74) is 0.901. The number of carbonyl (C=O) groups is 2. The molecule has 1 unspecified atom stereocenters. The normalized spacial score (nSPS) is 16.7. The van der Waals surface area contributed by atoms with Gasteiger partial charge in [0, 0.05) is 31.0 Å². The number of ether oxygens (including phenoxy) is 1. The number of methoxy groups -OCH3 is 1. The third-order valence-corrected chi connectivity index (χ3v) is 4.19. The number of aromatic nitrogens is 2. The minimum atomic E-state index is -0.416. The number of carbonyl (C=O) groups excluding carboxylic acids is 2. The Kier molecular flexibility index (Phi) is 5.40. The number of rotatable bonds is 5. The summed E-state index contributed by atoms with van der Waals surface area (Å²) in [6.45, 7) is 0.591. The minimum Gasteiger partial charge on any atom is -0.496 e. The van der Waals surface area contributed by atoms with Crippen molar-refractivity contribution in [3.63, 3.8) is 0 Å². The maximum absolute atomic E-state index is 13.6. The first-order valence-corrected chi connectivity index (χ1v) is 8.27. The van der Waals surface area contributed by atoms with Gasteiger partial charge in [0.05, 0.1) is 12.8 Å². The Hall–Kier alpha value is -3.03. The average molecular weight is 358 g/mol. The van der Waals surface area contributed by atoms with Crippen LogP contribution in [-0.2, 0) is 9.59 Å². The van der Waals surface area contributed by atoms with Crippen LogP contribution in [0.4, 0.5) is 10.2 Å². The highest BCUT2D eigenvalue weighted by Crippen LogP contribution is 2.30. The van der Waals surface area contributed by atoms with E-state index < -0.39 is 5.82 Å². The first kappa shape index (κ1) is 17.8. The fraction of sp³-hybridized carbons (Fsp3) is 0.333. The Morgan fingerprint density at radius 2 is 2.23 bits per heavy atom. The Morgan fingerprint density at radius 3 is 3.00 bits per heavy atom. The lowest BCUT2D eigenvalue weighted by Crippen LogP contribution is -2.35. The Balaban J connectivity index is 1.72. The van der Waals surface area contributed by atoms with E-state index in [9.17, 15) is 14.0 Å². The van der Waals surface area contributed by atoms with Gasteiger partial charge in [-0.3, -0.25) is 9.59 Å². The van der Waals surface area contributed by atoms with E-state index in [1.807, 2.05) is 0 Å². The summed E-state index contributed by atoms with van der Waals surface area (Å²) in [6.07, 6.45) is 2.66. The monoisotopic (exact) mass is 358 g/mol. The van der Waals surface area contributed by atoms with Crippen LogP contribution in [0.1, 0.15) is 19.3 Å². The van der Waals surface area contributed by atoms with Crippen LogP contribution in [0.25, 0.3) is 11.3 Å². The molecule has 1 atom stereocenters. The van der Waals surface area contributed by atoms with E-state index in [4.69, 9.17) is 4.74 Å². The molecule has 8 heteroatoms. The summed E-state index contributed by atoms with van der Waals surface area (Å²) in [7, 11) is 1.49. The summed E-state index contributed by atoms with van der Waals surface area (Å²) >= 11 is 0. The molecule has 2 heterocycles. The molecule has 2 N–H and O–H groups in total. The quantitative estimate of drug-likeness (QED) is 0.854. The zero-order valence-corrected chi connectivity index (χ0v) is 14.3. The number of hydrogen-bond acceptors (Lipinski definition) is 5. The van der Waals surface area contributed by atoms with Crippen LogP contribution < -0.4 is 15.4 Å². The van der Waals surface area contributed by atoms with Gasteiger partial charge in [0.25, 0.3) is 0 Å². The van der Waals surface area contributed by atoms with Crippen molar-refractivity contribution in [2.75, 3.05) is 19.0 Å². The third-order valence-electron chi connectivity index (χ3n) is 4.19. The summed E-state index contributed by atoms with van der Waals surface area (Å²) in [5, 5.41) is 5.45. The highest BCUT2D eigenvalue weighted by atomic mass is 19.1. The van der Waals surface area contributed by atoms with Crippen LogP contribution in [0.5, 0.6) is 5.75 Å². The fourth-order valence-electron chi connectivity index (χ4n) is 2.94. The molecule has 3 rings (SSSR count). The molecule has 0 aliphatic carbocycles. The molecule has 0 spiro atoms. The van der Waals surface area contributed by atoms with E-state index >= 15 is 0 Å². The molecule has 136 valence electrons.